The summed E-state index contributed by atoms with van der Waals surface area (Å²) in [5, 5.41) is 18.9. The second kappa shape index (κ2) is 3.33. The molecule has 2 aromatic rings. The highest BCUT2D eigenvalue weighted by atomic mass is 16.3. The zero-order valence-corrected chi connectivity index (χ0v) is 7.25. The Balaban J connectivity index is 2.61. The van der Waals surface area contributed by atoms with Gasteiger partial charge >= 0.3 is 0 Å². The molecule has 2 aromatic heterocycles. The minimum atomic E-state index is 0.00139. The molecule has 0 radical (unpaired) electrons. The molecule has 0 atom stereocenters. The Kier molecular flexibility index (Phi) is 2.02. The molecule has 0 aliphatic rings. The van der Waals surface area contributed by atoms with Crippen molar-refractivity contribution in [3.8, 4) is 22.9 Å². The molecule has 2 rings (SSSR count). The lowest BCUT2D eigenvalue weighted by atomic mass is 10.2. The van der Waals surface area contributed by atoms with Crippen LogP contribution >= 0.6 is 0 Å². The number of pyridine rings is 2. The van der Waals surface area contributed by atoms with E-state index in [2.05, 4.69) is 9.97 Å². The molecule has 0 saturated heterocycles. The molecular formula is C10H8N2O2. The molecule has 2 N–H and O–H groups in total. The van der Waals surface area contributed by atoms with Crippen LogP contribution in [0, 0.1) is 0 Å². The van der Waals surface area contributed by atoms with Crippen LogP contribution in [0.4, 0.5) is 0 Å². The topological polar surface area (TPSA) is 66.2 Å². The van der Waals surface area contributed by atoms with Gasteiger partial charge in [-0.25, -0.2) is 0 Å². The summed E-state index contributed by atoms with van der Waals surface area (Å²) in [7, 11) is 0. The van der Waals surface area contributed by atoms with E-state index in [0.29, 0.717) is 0 Å². The highest BCUT2D eigenvalue weighted by Crippen LogP contribution is 2.30. The van der Waals surface area contributed by atoms with E-state index >= 15 is 0 Å². The molecule has 2 heterocycles. The van der Waals surface area contributed by atoms with Gasteiger partial charge in [0.25, 0.3) is 0 Å². The molecule has 0 bridgehead atoms. The van der Waals surface area contributed by atoms with Crippen molar-refractivity contribution in [1.29, 1.82) is 0 Å². The summed E-state index contributed by atoms with van der Waals surface area (Å²) < 4.78 is 0. The first-order chi connectivity index (χ1) is 6.79. The Labute approximate surface area is 80.5 Å². The summed E-state index contributed by atoms with van der Waals surface area (Å²) in [6, 6.07) is 6.21. The van der Waals surface area contributed by atoms with Gasteiger partial charge in [0.05, 0.1) is 0 Å². The molecule has 0 aliphatic heterocycles. The Morgan fingerprint density at radius 3 is 1.57 bits per heavy atom. The molecule has 4 nitrogen and oxygen atoms in total. The normalized spacial score (nSPS) is 10.0. The van der Waals surface area contributed by atoms with Crippen molar-refractivity contribution in [2.24, 2.45) is 0 Å². The highest BCUT2D eigenvalue weighted by molar-refractivity contribution is 5.67. The standard InChI is InChI=1S/C10H8N2O2/c13-7-3-1-5-11-9(7)10-8(14)4-2-6-12-10/h1-6,13-14H. The Morgan fingerprint density at radius 1 is 0.786 bits per heavy atom. The van der Waals surface area contributed by atoms with E-state index in [9.17, 15) is 10.2 Å². The van der Waals surface area contributed by atoms with E-state index < -0.39 is 0 Å². The van der Waals surface area contributed by atoms with Crippen molar-refractivity contribution >= 4 is 0 Å². The van der Waals surface area contributed by atoms with Gasteiger partial charge in [-0.2, -0.15) is 0 Å². The third-order valence-corrected chi connectivity index (χ3v) is 1.80. The van der Waals surface area contributed by atoms with Crippen molar-refractivity contribution in [2.45, 2.75) is 0 Å². The zero-order valence-electron chi connectivity index (χ0n) is 7.25. The van der Waals surface area contributed by atoms with Crippen molar-refractivity contribution in [3.63, 3.8) is 0 Å². The monoisotopic (exact) mass is 188 g/mol. The largest absolute Gasteiger partial charge is 0.506 e. The van der Waals surface area contributed by atoms with Gasteiger partial charge in [0.15, 0.2) is 0 Å². The fourth-order valence-electron chi connectivity index (χ4n) is 1.16. The Morgan fingerprint density at radius 2 is 1.21 bits per heavy atom. The number of aromatic hydroxyl groups is 2. The molecule has 14 heavy (non-hydrogen) atoms. The summed E-state index contributed by atoms with van der Waals surface area (Å²) >= 11 is 0. The third-order valence-electron chi connectivity index (χ3n) is 1.80. The van der Waals surface area contributed by atoms with Crippen LogP contribution in [-0.2, 0) is 0 Å². The number of hydrogen-bond donors (Lipinski definition) is 2. The predicted molar refractivity (Wildman–Crippen MR) is 50.8 cm³/mol. The van der Waals surface area contributed by atoms with Gasteiger partial charge in [0, 0.05) is 12.4 Å². The van der Waals surface area contributed by atoms with Gasteiger partial charge in [-0.05, 0) is 24.3 Å². The maximum Gasteiger partial charge on any atom is 0.143 e. The van der Waals surface area contributed by atoms with Crippen molar-refractivity contribution in [2.75, 3.05) is 0 Å². The SMILES string of the molecule is Oc1cccnc1-c1ncccc1O. The van der Waals surface area contributed by atoms with Crippen LogP contribution in [0.15, 0.2) is 36.7 Å². The molecule has 0 aromatic carbocycles. The van der Waals surface area contributed by atoms with Gasteiger partial charge < -0.3 is 10.2 Å². The van der Waals surface area contributed by atoms with Crippen LogP contribution < -0.4 is 0 Å². The summed E-state index contributed by atoms with van der Waals surface area (Å²) in [6.45, 7) is 0. The summed E-state index contributed by atoms with van der Waals surface area (Å²) in [6.07, 6.45) is 3.06. The number of hydrogen-bond acceptors (Lipinski definition) is 4. The molecule has 0 fully saturated rings. The number of nitrogens with zero attached hydrogens (tertiary/aromatic N) is 2. The first-order valence-corrected chi connectivity index (χ1v) is 4.07. The lowest BCUT2D eigenvalue weighted by Gasteiger charge is -2.03. The molecule has 70 valence electrons. The maximum atomic E-state index is 9.47. The Bertz CT molecular complexity index is 414. The second-order valence-corrected chi connectivity index (χ2v) is 2.74. The van der Waals surface area contributed by atoms with E-state index in [1.54, 1.807) is 12.1 Å². The molecule has 0 spiro atoms. The van der Waals surface area contributed by atoms with Crippen molar-refractivity contribution < 1.29 is 10.2 Å². The summed E-state index contributed by atoms with van der Waals surface area (Å²) in [5.41, 5.74) is 0.566. The lowest BCUT2D eigenvalue weighted by molar-refractivity contribution is 0.465. The van der Waals surface area contributed by atoms with Crippen molar-refractivity contribution in [1.82, 2.24) is 9.97 Å². The fraction of sp³-hybridized carbons (Fsp3) is 0. The number of rotatable bonds is 1. The van der Waals surface area contributed by atoms with Gasteiger partial charge in [-0.1, -0.05) is 0 Å². The molecule has 0 amide bonds. The lowest BCUT2D eigenvalue weighted by Crippen LogP contribution is -1.87. The smallest absolute Gasteiger partial charge is 0.143 e. The minimum Gasteiger partial charge on any atom is -0.506 e. The van der Waals surface area contributed by atoms with Crippen LogP contribution in [-0.4, -0.2) is 20.2 Å². The second-order valence-electron chi connectivity index (χ2n) is 2.74. The van der Waals surface area contributed by atoms with Crippen molar-refractivity contribution in [3.05, 3.63) is 36.7 Å². The van der Waals surface area contributed by atoms with Crippen LogP contribution in [0.25, 0.3) is 11.4 Å². The van der Waals surface area contributed by atoms with Crippen LogP contribution in [0.5, 0.6) is 11.5 Å². The van der Waals surface area contributed by atoms with Crippen LogP contribution in [0.3, 0.4) is 0 Å². The fourth-order valence-corrected chi connectivity index (χ4v) is 1.16. The van der Waals surface area contributed by atoms with E-state index in [1.807, 2.05) is 0 Å². The quantitative estimate of drug-likeness (QED) is 0.712. The van der Waals surface area contributed by atoms with Gasteiger partial charge in [-0.15, -0.1) is 0 Å². The van der Waals surface area contributed by atoms with E-state index in [-0.39, 0.29) is 22.9 Å². The third kappa shape index (κ3) is 1.37. The molecule has 4 heteroatoms. The minimum absolute atomic E-state index is 0.00139. The highest BCUT2D eigenvalue weighted by Gasteiger charge is 2.09. The van der Waals surface area contributed by atoms with Gasteiger partial charge in [0.2, 0.25) is 0 Å². The number of aromatic nitrogens is 2. The molecular weight excluding hydrogens is 180 g/mol. The van der Waals surface area contributed by atoms with Gasteiger partial charge in [-0.3, -0.25) is 9.97 Å². The summed E-state index contributed by atoms with van der Waals surface area (Å²) in [5.74, 6) is 0.00278. The zero-order chi connectivity index (χ0) is 9.97. The van der Waals surface area contributed by atoms with Gasteiger partial charge in [0.1, 0.15) is 22.9 Å². The average molecular weight is 188 g/mol. The van der Waals surface area contributed by atoms with Crippen LogP contribution in [0.2, 0.25) is 0 Å². The molecule has 0 aliphatic carbocycles. The summed E-state index contributed by atoms with van der Waals surface area (Å²) in [4.78, 5) is 7.87. The van der Waals surface area contributed by atoms with E-state index in [0.717, 1.165) is 0 Å². The average Bonchev–Trinajstić information content (AvgIpc) is 2.20. The van der Waals surface area contributed by atoms with E-state index in [1.165, 1.54) is 24.5 Å². The first kappa shape index (κ1) is 8.50. The molecule has 0 unspecified atom stereocenters. The Hall–Kier alpha value is -2.10. The van der Waals surface area contributed by atoms with E-state index in [4.69, 9.17) is 0 Å². The first-order valence-electron chi connectivity index (χ1n) is 4.07. The molecule has 0 saturated carbocycles. The van der Waals surface area contributed by atoms with Crippen LogP contribution in [0.1, 0.15) is 0 Å². The predicted octanol–water partition coefficient (Wildman–Crippen LogP) is 1.55. The maximum absolute atomic E-state index is 9.47.